The van der Waals surface area contributed by atoms with Gasteiger partial charge in [0.05, 0.1) is 20.3 Å². The molecule has 0 aliphatic carbocycles. The summed E-state index contributed by atoms with van der Waals surface area (Å²) >= 11 is 3.51. The number of halogens is 2. The Morgan fingerprint density at radius 3 is 2.94 bits per heavy atom. The highest BCUT2D eigenvalue weighted by Crippen LogP contribution is 2.27. The second-order valence-electron chi connectivity index (χ2n) is 3.54. The highest BCUT2D eigenvalue weighted by Gasteiger charge is 2.12. The van der Waals surface area contributed by atoms with E-state index < -0.39 is 0 Å². The van der Waals surface area contributed by atoms with E-state index in [1.807, 2.05) is 39.4 Å². The van der Waals surface area contributed by atoms with Crippen LogP contribution in [0.3, 0.4) is 0 Å². The minimum Gasteiger partial charge on any atom is -0.369 e. The van der Waals surface area contributed by atoms with E-state index in [9.17, 15) is 4.39 Å². The van der Waals surface area contributed by atoms with Crippen molar-refractivity contribution in [3.63, 3.8) is 0 Å². The van der Waals surface area contributed by atoms with Gasteiger partial charge in [0, 0.05) is 11.4 Å². The third-order valence-corrected chi connectivity index (χ3v) is 3.98. The van der Waals surface area contributed by atoms with Crippen molar-refractivity contribution in [3.8, 4) is 5.69 Å². The zero-order chi connectivity index (χ0) is 12.0. The predicted molar refractivity (Wildman–Crippen MR) is 76.0 cm³/mol. The van der Waals surface area contributed by atoms with Crippen molar-refractivity contribution in [3.05, 3.63) is 38.3 Å². The molecule has 2 N–H and O–H groups in total. The molecular formula is C11H7FIN3S. The molecule has 2 heterocycles. The lowest BCUT2D eigenvalue weighted by atomic mass is 10.3. The van der Waals surface area contributed by atoms with Crippen LogP contribution in [-0.2, 0) is 0 Å². The quantitative estimate of drug-likeness (QED) is 0.677. The maximum absolute atomic E-state index is 13.6. The molecule has 3 nitrogen and oxygen atoms in total. The molecule has 0 amide bonds. The Morgan fingerprint density at radius 1 is 1.41 bits per heavy atom. The molecule has 0 saturated heterocycles. The summed E-state index contributed by atoms with van der Waals surface area (Å²) in [4.78, 5) is 4.24. The Labute approximate surface area is 114 Å². The SMILES string of the molecule is Nc1nc2cc(I)c(F)cc2n1-c1ccsc1. The molecule has 3 aromatic rings. The molecule has 0 atom stereocenters. The summed E-state index contributed by atoms with van der Waals surface area (Å²) in [5.41, 5.74) is 8.19. The molecule has 0 radical (unpaired) electrons. The van der Waals surface area contributed by atoms with Crippen LogP contribution < -0.4 is 5.73 Å². The van der Waals surface area contributed by atoms with Gasteiger partial charge >= 0.3 is 0 Å². The highest BCUT2D eigenvalue weighted by atomic mass is 127. The zero-order valence-electron chi connectivity index (χ0n) is 8.52. The summed E-state index contributed by atoms with van der Waals surface area (Å²) in [5, 5.41) is 3.90. The van der Waals surface area contributed by atoms with Gasteiger partial charge in [-0.1, -0.05) is 0 Å². The number of thiophene rings is 1. The van der Waals surface area contributed by atoms with Crippen molar-refractivity contribution in [1.29, 1.82) is 0 Å². The zero-order valence-corrected chi connectivity index (χ0v) is 11.5. The summed E-state index contributed by atoms with van der Waals surface area (Å²) in [7, 11) is 0. The van der Waals surface area contributed by atoms with Crippen LogP contribution in [0, 0.1) is 9.39 Å². The fourth-order valence-corrected chi connectivity index (χ4v) is 2.82. The van der Waals surface area contributed by atoms with Crippen LogP contribution >= 0.6 is 33.9 Å². The third kappa shape index (κ3) is 1.71. The minimum absolute atomic E-state index is 0.255. The fraction of sp³-hybridized carbons (Fsp3) is 0. The Morgan fingerprint density at radius 2 is 2.24 bits per heavy atom. The maximum Gasteiger partial charge on any atom is 0.205 e. The normalized spacial score (nSPS) is 11.2. The molecule has 17 heavy (non-hydrogen) atoms. The van der Waals surface area contributed by atoms with Crippen LogP contribution in [0.4, 0.5) is 10.3 Å². The van der Waals surface area contributed by atoms with Gasteiger partial charge in [0.25, 0.3) is 0 Å². The molecule has 1 aromatic carbocycles. The van der Waals surface area contributed by atoms with E-state index in [2.05, 4.69) is 4.98 Å². The number of hydrogen-bond donors (Lipinski definition) is 1. The lowest BCUT2D eigenvalue weighted by molar-refractivity contribution is 0.622. The second kappa shape index (κ2) is 3.95. The molecule has 2 aromatic heterocycles. The Bertz CT molecular complexity index is 690. The topological polar surface area (TPSA) is 43.8 Å². The number of aromatic nitrogens is 2. The molecule has 0 spiro atoms. The van der Waals surface area contributed by atoms with Crippen LogP contribution in [0.5, 0.6) is 0 Å². The van der Waals surface area contributed by atoms with Crippen LogP contribution in [0.25, 0.3) is 16.7 Å². The number of nitrogen functional groups attached to an aromatic ring is 1. The van der Waals surface area contributed by atoms with Gasteiger partial charge in [-0.3, -0.25) is 4.57 Å². The van der Waals surface area contributed by atoms with E-state index in [0.29, 0.717) is 20.6 Å². The lowest BCUT2D eigenvalue weighted by Crippen LogP contribution is -1.99. The molecule has 6 heteroatoms. The monoisotopic (exact) mass is 359 g/mol. The fourth-order valence-electron chi connectivity index (χ4n) is 1.75. The Kier molecular flexibility index (Phi) is 2.55. The number of imidazole rings is 1. The van der Waals surface area contributed by atoms with Gasteiger partial charge in [0.2, 0.25) is 5.95 Å². The van der Waals surface area contributed by atoms with Crippen LogP contribution in [0.1, 0.15) is 0 Å². The van der Waals surface area contributed by atoms with Crippen molar-refractivity contribution in [1.82, 2.24) is 9.55 Å². The van der Waals surface area contributed by atoms with Gasteiger partial charge in [-0.05, 0) is 40.1 Å². The standard InChI is InChI=1S/C11H7FIN3S/c12-7-3-10-9(4-8(7)13)15-11(14)16(10)6-1-2-17-5-6/h1-5H,(H2,14,15). The molecular weight excluding hydrogens is 352 g/mol. The van der Waals surface area contributed by atoms with Gasteiger partial charge in [-0.2, -0.15) is 11.3 Å². The molecule has 0 bridgehead atoms. The molecule has 0 aliphatic rings. The largest absolute Gasteiger partial charge is 0.369 e. The first kappa shape index (κ1) is 11.0. The summed E-state index contributed by atoms with van der Waals surface area (Å²) in [6.07, 6.45) is 0. The average molecular weight is 359 g/mol. The first-order valence-corrected chi connectivity index (χ1v) is 6.84. The first-order valence-electron chi connectivity index (χ1n) is 4.82. The summed E-state index contributed by atoms with van der Waals surface area (Å²) in [6, 6.07) is 5.10. The third-order valence-electron chi connectivity index (χ3n) is 2.49. The Hall–Kier alpha value is -1.15. The smallest absolute Gasteiger partial charge is 0.205 e. The maximum atomic E-state index is 13.6. The highest BCUT2D eigenvalue weighted by molar-refractivity contribution is 14.1. The van der Waals surface area contributed by atoms with E-state index in [4.69, 9.17) is 5.73 Å². The number of rotatable bonds is 1. The predicted octanol–water partition coefficient (Wildman–Crippen LogP) is 3.41. The Balaban J connectivity index is 2.38. The molecule has 3 rings (SSSR count). The van der Waals surface area contributed by atoms with Crippen molar-refractivity contribution >= 4 is 50.9 Å². The molecule has 0 unspecified atom stereocenters. The average Bonchev–Trinajstić information content (AvgIpc) is 2.86. The van der Waals surface area contributed by atoms with Crippen molar-refractivity contribution in [2.24, 2.45) is 0 Å². The van der Waals surface area contributed by atoms with Gasteiger partial charge in [-0.25, -0.2) is 9.37 Å². The minimum atomic E-state index is -0.255. The number of anilines is 1. The van der Waals surface area contributed by atoms with E-state index >= 15 is 0 Å². The van der Waals surface area contributed by atoms with E-state index in [1.54, 1.807) is 22.0 Å². The first-order chi connectivity index (χ1) is 8.16. The number of hydrogen-bond acceptors (Lipinski definition) is 3. The molecule has 0 saturated carbocycles. The molecule has 0 fully saturated rings. The van der Waals surface area contributed by atoms with Gasteiger partial charge in [0.15, 0.2) is 0 Å². The number of fused-ring (bicyclic) bond motifs is 1. The molecule has 86 valence electrons. The van der Waals surface area contributed by atoms with E-state index in [0.717, 1.165) is 5.69 Å². The number of nitrogens with two attached hydrogens (primary N) is 1. The lowest BCUT2D eigenvalue weighted by Gasteiger charge is -2.03. The van der Waals surface area contributed by atoms with Crippen molar-refractivity contribution < 1.29 is 4.39 Å². The van der Waals surface area contributed by atoms with Crippen LogP contribution in [0.15, 0.2) is 29.0 Å². The summed E-state index contributed by atoms with van der Waals surface area (Å²) < 4.78 is 15.9. The van der Waals surface area contributed by atoms with Crippen LogP contribution in [0.2, 0.25) is 0 Å². The van der Waals surface area contributed by atoms with Gasteiger partial charge in [-0.15, -0.1) is 0 Å². The van der Waals surface area contributed by atoms with Gasteiger partial charge < -0.3 is 5.73 Å². The second-order valence-corrected chi connectivity index (χ2v) is 5.48. The van der Waals surface area contributed by atoms with Gasteiger partial charge in [0.1, 0.15) is 5.82 Å². The van der Waals surface area contributed by atoms with E-state index in [1.165, 1.54) is 6.07 Å². The summed E-state index contributed by atoms with van der Waals surface area (Å²) in [6.45, 7) is 0. The summed E-state index contributed by atoms with van der Waals surface area (Å²) in [5.74, 6) is 0.120. The van der Waals surface area contributed by atoms with E-state index in [-0.39, 0.29) is 5.82 Å². The molecule has 0 aliphatic heterocycles. The van der Waals surface area contributed by atoms with Crippen molar-refractivity contribution in [2.75, 3.05) is 5.73 Å². The number of nitrogens with zero attached hydrogens (tertiary/aromatic N) is 2. The van der Waals surface area contributed by atoms with Crippen molar-refractivity contribution in [2.45, 2.75) is 0 Å². The number of benzene rings is 1. The van der Waals surface area contributed by atoms with Crippen LogP contribution in [-0.4, -0.2) is 9.55 Å².